The van der Waals surface area contributed by atoms with Crippen LogP contribution in [0.1, 0.15) is 47.3 Å². The Labute approximate surface area is 155 Å². The van der Waals surface area contributed by atoms with Crippen LogP contribution in [-0.4, -0.2) is 42.1 Å². The highest BCUT2D eigenvalue weighted by Gasteiger charge is 2.30. The lowest BCUT2D eigenvalue weighted by atomic mass is 9.80. The van der Waals surface area contributed by atoms with Gasteiger partial charge in [0.1, 0.15) is 5.69 Å². The first-order valence-corrected chi connectivity index (χ1v) is 9.88. The zero-order valence-corrected chi connectivity index (χ0v) is 15.3. The second-order valence-corrected chi connectivity index (χ2v) is 7.66. The van der Waals surface area contributed by atoms with Crippen LogP contribution in [0.15, 0.2) is 42.6 Å². The summed E-state index contributed by atoms with van der Waals surface area (Å²) in [6.07, 6.45) is 7.48. The van der Waals surface area contributed by atoms with Crippen LogP contribution in [0.5, 0.6) is 0 Å². The number of piperidine rings is 1. The van der Waals surface area contributed by atoms with Gasteiger partial charge in [-0.2, -0.15) is 0 Å². The predicted octanol–water partition coefficient (Wildman–Crippen LogP) is 3.88. The van der Waals surface area contributed by atoms with Crippen molar-refractivity contribution < 1.29 is 9.53 Å². The maximum atomic E-state index is 12.8. The van der Waals surface area contributed by atoms with E-state index in [0.29, 0.717) is 0 Å². The molecule has 4 heteroatoms. The Morgan fingerprint density at radius 1 is 1.00 bits per heavy atom. The first-order chi connectivity index (χ1) is 12.8. The Morgan fingerprint density at radius 2 is 1.69 bits per heavy atom. The fourth-order valence-corrected chi connectivity index (χ4v) is 4.43. The molecule has 1 amide bonds. The van der Waals surface area contributed by atoms with Crippen molar-refractivity contribution in [3.05, 3.63) is 59.4 Å². The molecule has 2 saturated heterocycles. The highest BCUT2D eigenvalue weighted by molar-refractivity contribution is 5.92. The molecule has 4 nitrogen and oxygen atoms in total. The summed E-state index contributed by atoms with van der Waals surface area (Å²) in [5.74, 6) is 1.71. The maximum Gasteiger partial charge on any atom is 0.270 e. The summed E-state index contributed by atoms with van der Waals surface area (Å²) in [7, 11) is 0. The van der Waals surface area contributed by atoms with E-state index in [9.17, 15) is 4.79 Å². The summed E-state index contributed by atoms with van der Waals surface area (Å²) in [6.45, 7) is 3.59. The molecule has 1 aromatic heterocycles. The van der Waals surface area contributed by atoms with Crippen molar-refractivity contribution in [1.29, 1.82) is 0 Å². The van der Waals surface area contributed by atoms with Crippen molar-refractivity contribution >= 4 is 5.91 Å². The molecule has 3 heterocycles. The molecule has 26 heavy (non-hydrogen) atoms. The standard InChI is InChI=1S/C22H28N2O2/c25-22(21-15-18(16-23-21)14-17-4-2-1-3-5-17)24-10-6-19(7-11-24)20-8-12-26-13-9-20/h1-5,15-16,19-20,23H,6-14H2. The van der Waals surface area contributed by atoms with Gasteiger partial charge in [-0.3, -0.25) is 4.79 Å². The Bertz CT molecular complexity index is 711. The molecule has 2 aliphatic rings. The number of amides is 1. The first kappa shape index (κ1) is 17.3. The van der Waals surface area contributed by atoms with E-state index in [0.717, 1.165) is 68.7 Å². The number of hydrogen-bond donors (Lipinski definition) is 1. The summed E-state index contributed by atoms with van der Waals surface area (Å²) < 4.78 is 5.48. The maximum absolute atomic E-state index is 12.8. The lowest BCUT2D eigenvalue weighted by Gasteiger charge is -2.37. The third kappa shape index (κ3) is 4.01. The van der Waals surface area contributed by atoms with E-state index in [-0.39, 0.29) is 5.91 Å². The van der Waals surface area contributed by atoms with Crippen LogP contribution in [0.3, 0.4) is 0 Å². The fraction of sp³-hybridized carbons (Fsp3) is 0.500. The Morgan fingerprint density at radius 3 is 2.42 bits per heavy atom. The molecule has 0 bridgehead atoms. The van der Waals surface area contributed by atoms with Crippen molar-refractivity contribution in [2.75, 3.05) is 26.3 Å². The minimum atomic E-state index is 0.148. The molecule has 0 spiro atoms. The van der Waals surface area contributed by atoms with Gasteiger partial charge in [-0.05, 0) is 61.1 Å². The topological polar surface area (TPSA) is 45.3 Å². The number of likely N-dealkylation sites (tertiary alicyclic amines) is 1. The zero-order chi connectivity index (χ0) is 17.8. The second-order valence-electron chi connectivity index (χ2n) is 7.66. The molecule has 0 unspecified atom stereocenters. The van der Waals surface area contributed by atoms with E-state index in [4.69, 9.17) is 4.74 Å². The van der Waals surface area contributed by atoms with Crippen LogP contribution in [0.25, 0.3) is 0 Å². The number of aromatic amines is 1. The average molecular weight is 352 g/mol. The second kappa shape index (κ2) is 8.09. The monoisotopic (exact) mass is 352 g/mol. The van der Waals surface area contributed by atoms with Crippen LogP contribution in [0.4, 0.5) is 0 Å². The minimum absolute atomic E-state index is 0.148. The molecule has 0 aliphatic carbocycles. The minimum Gasteiger partial charge on any atom is -0.381 e. The first-order valence-electron chi connectivity index (χ1n) is 9.88. The smallest absolute Gasteiger partial charge is 0.270 e. The van der Waals surface area contributed by atoms with Crippen molar-refractivity contribution in [2.24, 2.45) is 11.8 Å². The van der Waals surface area contributed by atoms with Crippen molar-refractivity contribution in [3.8, 4) is 0 Å². The van der Waals surface area contributed by atoms with Crippen LogP contribution < -0.4 is 0 Å². The van der Waals surface area contributed by atoms with E-state index in [1.54, 1.807) is 0 Å². The largest absolute Gasteiger partial charge is 0.381 e. The van der Waals surface area contributed by atoms with E-state index in [1.807, 2.05) is 23.2 Å². The number of hydrogen-bond acceptors (Lipinski definition) is 2. The van der Waals surface area contributed by atoms with Crippen molar-refractivity contribution in [3.63, 3.8) is 0 Å². The molecule has 0 saturated carbocycles. The Balaban J connectivity index is 1.32. The number of nitrogens with zero attached hydrogens (tertiary/aromatic N) is 1. The van der Waals surface area contributed by atoms with E-state index < -0.39 is 0 Å². The molecule has 0 radical (unpaired) electrons. The van der Waals surface area contributed by atoms with Gasteiger partial charge in [-0.1, -0.05) is 30.3 Å². The number of H-pyrrole nitrogens is 1. The lowest BCUT2D eigenvalue weighted by Crippen LogP contribution is -2.41. The highest BCUT2D eigenvalue weighted by atomic mass is 16.5. The summed E-state index contributed by atoms with van der Waals surface area (Å²) in [5, 5.41) is 0. The Kier molecular flexibility index (Phi) is 5.40. The average Bonchev–Trinajstić information content (AvgIpc) is 3.17. The number of nitrogens with one attached hydrogen (secondary N) is 1. The van der Waals surface area contributed by atoms with Gasteiger partial charge in [0.15, 0.2) is 0 Å². The van der Waals surface area contributed by atoms with E-state index in [1.165, 1.54) is 18.4 Å². The zero-order valence-electron chi connectivity index (χ0n) is 15.3. The molecule has 4 rings (SSSR count). The summed E-state index contributed by atoms with van der Waals surface area (Å²) in [6, 6.07) is 12.4. The van der Waals surface area contributed by atoms with Crippen LogP contribution in [0.2, 0.25) is 0 Å². The number of carbonyl (C=O) groups excluding carboxylic acids is 1. The van der Waals surface area contributed by atoms with Crippen molar-refractivity contribution in [2.45, 2.75) is 32.1 Å². The SMILES string of the molecule is O=C(c1cc(Cc2ccccc2)c[nH]1)N1CCC(C2CCOCC2)CC1. The van der Waals surface area contributed by atoms with Gasteiger partial charge in [-0.15, -0.1) is 0 Å². The molecule has 2 aliphatic heterocycles. The molecule has 138 valence electrons. The highest BCUT2D eigenvalue weighted by Crippen LogP contribution is 2.32. The van der Waals surface area contributed by atoms with Gasteiger partial charge < -0.3 is 14.6 Å². The van der Waals surface area contributed by atoms with Gasteiger partial charge >= 0.3 is 0 Å². The number of aromatic nitrogens is 1. The van der Waals surface area contributed by atoms with E-state index >= 15 is 0 Å². The number of rotatable bonds is 4. The summed E-state index contributed by atoms with van der Waals surface area (Å²) >= 11 is 0. The molecular formula is C22H28N2O2. The molecule has 2 aromatic rings. The van der Waals surface area contributed by atoms with Crippen LogP contribution in [0, 0.1) is 11.8 Å². The molecule has 2 fully saturated rings. The summed E-state index contributed by atoms with van der Waals surface area (Å²) in [5.41, 5.74) is 3.15. The van der Waals surface area contributed by atoms with E-state index in [2.05, 4.69) is 29.2 Å². The van der Waals surface area contributed by atoms with Gasteiger partial charge in [0.05, 0.1) is 0 Å². The molecular weight excluding hydrogens is 324 g/mol. The third-order valence-electron chi connectivity index (χ3n) is 5.98. The molecule has 1 N–H and O–H groups in total. The summed E-state index contributed by atoms with van der Waals surface area (Å²) in [4.78, 5) is 18.0. The predicted molar refractivity (Wildman–Crippen MR) is 102 cm³/mol. The van der Waals surface area contributed by atoms with Crippen LogP contribution >= 0.6 is 0 Å². The van der Waals surface area contributed by atoms with Gasteiger partial charge in [-0.25, -0.2) is 0 Å². The number of ether oxygens (including phenoxy) is 1. The normalized spacial score (nSPS) is 19.6. The number of benzene rings is 1. The molecule has 0 atom stereocenters. The quantitative estimate of drug-likeness (QED) is 0.907. The Hall–Kier alpha value is -2.07. The molecule has 1 aromatic carbocycles. The number of carbonyl (C=O) groups is 1. The van der Waals surface area contributed by atoms with Crippen molar-refractivity contribution in [1.82, 2.24) is 9.88 Å². The van der Waals surface area contributed by atoms with Gasteiger partial charge in [0.2, 0.25) is 0 Å². The van der Waals surface area contributed by atoms with Gasteiger partial charge in [0, 0.05) is 32.5 Å². The third-order valence-corrected chi connectivity index (χ3v) is 5.98. The van der Waals surface area contributed by atoms with Gasteiger partial charge in [0.25, 0.3) is 5.91 Å². The lowest BCUT2D eigenvalue weighted by molar-refractivity contribution is 0.0287. The fourth-order valence-electron chi connectivity index (χ4n) is 4.43. The van der Waals surface area contributed by atoms with Crippen LogP contribution in [-0.2, 0) is 11.2 Å².